The predicted octanol–water partition coefficient (Wildman–Crippen LogP) is 2.15. The number of aliphatic carboxylic acids is 1. The minimum Gasteiger partial charge on any atom is -0.481 e. The highest BCUT2D eigenvalue weighted by Gasteiger charge is 2.30. The third-order valence-electron chi connectivity index (χ3n) is 3.89. The first kappa shape index (κ1) is 12.7. The Bertz CT molecular complexity index is 629. The van der Waals surface area contributed by atoms with Gasteiger partial charge in [-0.1, -0.05) is 18.2 Å². The van der Waals surface area contributed by atoms with Gasteiger partial charge >= 0.3 is 5.97 Å². The van der Waals surface area contributed by atoms with Crippen molar-refractivity contribution in [2.75, 3.05) is 0 Å². The summed E-state index contributed by atoms with van der Waals surface area (Å²) in [5, 5.41) is 12.9. The maximum atomic E-state index is 12.2. The molecule has 1 aliphatic rings. The number of H-pyrrole nitrogens is 1. The summed E-state index contributed by atoms with van der Waals surface area (Å²) in [5.41, 5.74) is 1.44. The number of nitrogens with one attached hydrogen (secondary N) is 2. The normalized spacial score (nSPS) is 22.0. The van der Waals surface area contributed by atoms with Gasteiger partial charge in [0.2, 0.25) is 0 Å². The van der Waals surface area contributed by atoms with Crippen molar-refractivity contribution in [1.29, 1.82) is 0 Å². The number of carboxylic acid groups (broad SMARTS) is 1. The molecule has 0 radical (unpaired) electrons. The van der Waals surface area contributed by atoms with Crippen molar-refractivity contribution in [3.05, 3.63) is 36.0 Å². The fourth-order valence-corrected chi connectivity index (χ4v) is 2.80. The van der Waals surface area contributed by atoms with Crippen molar-refractivity contribution >= 4 is 22.8 Å². The number of carbonyl (C=O) groups excluding carboxylic acids is 1. The molecule has 2 aromatic rings. The molecule has 104 valence electrons. The SMILES string of the molecule is O=C(N[C@H]1CC[C@@H](C(=O)O)C1)c1cc2ccccc2[nH]1. The molecule has 5 nitrogen and oxygen atoms in total. The van der Waals surface area contributed by atoms with Crippen molar-refractivity contribution < 1.29 is 14.7 Å². The summed E-state index contributed by atoms with van der Waals surface area (Å²) in [6, 6.07) is 9.46. The third-order valence-corrected chi connectivity index (χ3v) is 3.89. The van der Waals surface area contributed by atoms with Gasteiger partial charge in [0, 0.05) is 16.9 Å². The van der Waals surface area contributed by atoms with E-state index in [0.717, 1.165) is 17.3 Å². The standard InChI is InChI=1S/C15H16N2O3/c18-14(16-11-6-5-10(7-11)15(19)20)13-8-9-3-1-2-4-12(9)17-13/h1-4,8,10-11,17H,5-7H2,(H,16,18)(H,19,20)/t10-,11+/m1/s1. The Morgan fingerprint density at radius 2 is 2.05 bits per heavy atom. The topological polar surface area (TPSA) is 82.2 Å². The molecule has 1 heterocycles. The number of hydrogen-bond acceptors (Lipinski definition) is 2. The summed E-state index contributed by atoms with van der Waals surface area (Å²) in [6.45, 7) is 0. The molecule has 2 atom stereocenters. The van der Waals surface area contributed by atoms with E-state index in [1.165, 1.54) is 0 Å². The summed E-state index contributed by atoms with van der Waals surface area (Å²) in [6.07, 6.45) is 1.87. The molecule has 1 aromatic carbocycles. The van der Waals surface area contributed by atoms with Crippen LogP contribution in [0.15, 0.2) is 30.3 Å². The Kier molecular flexibility index (Phi) is 3.18. The van der Waals surface area contributed by atoms with Gasteiger partial charge in [-0.3, -0.25) is 9.59 Å². The molecular weight excluding hydrogens is 256 g/mol. The summed E-state index contributed by atoms with van der Waals surface area (Å²) in [4.78, 5) is 26.1. The fraction of sp³-hybridized carbons (Fsp3) is 0.333. The molecule has 1 saturated carbocycles. The second-order valence-electron chi connectivity index (χ2n) is 5.29. The quantitative estimate of drug-likeness (QED) is 0.800. The smallest absolute Gasteiger partial charge is 0.306 e. The maximum absolute atomic E-state index is 12.2. The van der Waals surface area contributed by atoms with Crippen LogP contribution >= 0.6 is 0 Å². The molecular formula is C15H16N2O3. The number of hydrogen-bond donors (Lipinski definition) is 3. The van der Waals surface area contributed by atoms with Crippen molar-refractivity contribution in [2.45, 2.75) is 25.3 Å². The van der Waals surface area contributed by atoms with Crippen LogP contribution in [0.4, 0.5) is 0 Å². The Morgan fingerprint density at radius 1 is 1.25 bits per heavy atom. The number of aromatic amines is 1. The van der Waals surface area contributed by atoms with Gasteiger partial charge in [-0.2, -0.15) is 0 Å². The van der Waals surface area contributed by atoms with E-state index in [1.807, 2.05) is 30.3 Å². The first-order valence-electron chi connectivity index (χ1n) is 6.75. The van der Waals surface area contributed by atoms with Gasteiger partial charge in [-0.15, -0.1) is 0 Å². The van der Waals surface area contributed by atoms with Crippen LogP contribution in [0.5, 0.6) is 0 Å². The van der Waals surface area contributed by atoms with Crippen LogP contribution in [0, 0.1) is 5.92 Å². The van der Waals surface area contributed by atoms with E-state index < -0.39 is 5.97 Å². The average molecular weight is 272 g/mol. The van der Waals surface area contributed by atoms with Gasteiger partial charge in [0.15, 0.2) is 0 Å². The fourth-order valence-electron chi connectivity index (χ4n) is 2.80. The Labute approximate surface area is 116 Å². The summed E-state index contributed by atoms with van der Waals surface area (Å²) in [7, 11) is 0. The minimum absolute atomic E-state index is 0.0463. The van der Waals surface area contributed by atoms with Crippen LogP contribution in [0.2, 0.25) is 0 Å². The molecule has 5 heteroatoms. The minimum atomic E-state index is -0.771. The molecule has 0 unspecified atom stereocenters. The highest BCUT2D eigenvalue weighted by atomic mass is 16.4. The third kappa shape index (κ3) is 2.39. The predicted molar refractivity (Wildman–Crippen MR) is 74.5 cm³/mol. The molecule has 20 heavy (non-hydrogen) atoms. The van der Waals surface area contributed by atoms with Crippen LogP contribution < -0.4 is 5.32 Å². The first-order chi connectivity index (χ1) is 9.63. The number of fused-ring (bicyclic) bond motifs is 1. The average Bonchev–Trinajstić information content (AvgIpc) is 3.04. The van der Waals surface area contributed by atoms with E-state index in [0.29, 0.717) is 18.5 Å². The largest absolute Gasteiger partial charge is 0.481 e. The summed E-state index contributed by atoms with van der Waals surface area (Å²) < 4.78 is 0. The number of carboxylic acids is 1. The van der Waals surface area contributed by atoms with E-state index in [9.17, 15) is 9.59 Å². The van der Waals surface area contributed by atoms with Crippen LogP contribution in [0.25, 0.3) is 10.9 Å². The second kappa shape index (κ2) is 5.00. The van der Waals surface area contributed by atoms with E-state index in [1.54, 1.807) is 0 Å². The Morgan fingerprint density at radius 3 is 2.75 bits per heavy atom. The Balaban J connectivity index is 1.69. The van der Waals surface area contributed by atoms with Crippen LogP contribution in [0.1, 0.15) is 29.8 Å². The molecule has 3 rings (SSSR count). The van der Waals surface area contributed by atoms with Gasteiger partial charge in [0.1, 0.15) is 5.69 Å². The highest BCUT2D eigenvalue weighted by Crippen LogP contribution is 2.26. The second-order valence-corrected chi connectivity index (χ2v) is 5.29. The van der Waals surface area contributed by atoms with Crippen molar-refractivity contribution in [3.63, 3.8) is 0 Å². The number of para-hydroxylation sites is 1. The van der Waals surface area contributed by atoms with E-state index in [-0.39, 0.29) is 17.9 Å². The molecule has 1 aromatic heterocycles. The molecule has 1 aliphatic carbocycles. The van der Waals surface area contributed by atoms with Gasteiger partial charge in [-0.05, 0) is 31.4 Å². The first-order valence-corrected chi connectivity index (χ1v) is 6.75. The lowest BCUT2D eigenvalue weighted by atomic mass is 10.1. The monoisotopic (exact) mass is 272 g/mol. The number of rotatable bonds is 3. The number of aromatic nitrogens is 1. The number of benzene rings is 1. The van der Waals surface area contributed by atoms with Crippen LogP contribution in [-0.2, 0) is 4.79 Å². The maximum Gasteiger partial charge on any atom is 0.306 e. The van der Waals surface area contributed by atoms with Crippen LogP contribution in [-0.4, -0.2) is 28.0 Å². The lowest BCUT2D eigenvalue weighted by Gasteiger charge is -2.11. The van der Waals surface area contributed by atoms with Gasteiger partial charge in [0.05, 0.1) is 5.92 Å². The molecule has 0 bridgehead atoms. The van der Waals surface area contributed by atoms with Crippen molar-refractivity contribution in [3.8, 4) is 0 Å². The lowest BCUT2D eigenvalue weighted by Crippen LogP contribution is -2.33. The van der Waals surface area contributed by atoms with Gasteiger partial charge < -0.3 is 15.4 Å². The Hall–Kier alpha value is -2.30. The van der Waals surface area contributed by atoms with E-state index in [2.05, 4.69) is 10.3 Å². The van der Waals surface area contributed by atoms with Gasteiger partial charge in [-0.25, -0.2) is 0 Å². The van der Waals surface area contributed by atoms with Crippen molar-refractivity contribution in [2.24, 2.45) is 5.92 Å². The molecule has 0 aliphatic heterocycles. The van der Waals surface area contributed by atoms with Gasteiger partial charge in [0.25, 0.3) is 5.91 Å². The number of carbonyl (C=O) groups is 2. The zero-order valence-electron chi connectivity index (χ0n) is 10.9. The van der Waals surface area contributed by atoms with Crippen LogP contribution in [0.3, 0.4) is 0 Å². The zero-order chi connectivity index (χ0) is 14.1. The molecule has 0 saturated heterocycles. The molecule has 1 fully saturated rings. The number of amides is 1. The van der Waals surface area contributed by atoms with E-state index in [4.69, 9.17) is 5.11 Å². The molecule has 1 amide bonds. The summed E-state index contributed by atoms with van der Waals surface area (Å²) in [5.74, 6) is -1.27. The molecule has 0 spiro atoms. The van der Waals surface area contributed by atoms with Crippen molar-refractivity contribution in [1.82, 2.24) is 10.3 Å². The highest BCUT2D eigenvalue weighted by molar-refractivity contribution is 5.98. The lowest BCUT2D eigenvalue weighted by molar-refractivity contribution is -0.141. The summed E-state index contributed by atoms with van der Waals surface area (Å²) >= 11 is 0. The van der Waals surface area contributed by atoms with E-state index >= 15 is 0 Å². The molecule has 3 N–H and O–H groups in total. The zero-order valence-corrected chi connectivity index (χ0v) is 10.9.